The zero-order chi connectivity index (χ0) is 38.0. The molecule has 12 heteroatoms. The van der Waals surface area contributed by atoms with Crippen LogP contribution in [0.2, 0.25) is 0 Å². The molecule has 0 radical (unpaired) electrons. The number of anilines is 4. The van der Waals surface area contributed by atoms with Crippen molar-refractivity contribution < 1.29 is 27.0 Å². The zero-order valence-corrected chi connectivity index (χ0v) is 39.0. The third-order valence-electron chi connectivity index (χ3n) is 9.40. The molecule has 4 N–H and O–H groups in total. The molecule has 1 unspecified atom stereocenters. The van der Waals surface area contributed by atoms with Crippen LogP contribution in [-0.4, -0.2) is 100 Å². The summed E-state index contributed by atoms with van der Waals surface area (Å²) in [5, 5.41) is 10.2. The van der Waals surface area contributed by atoms with Gasteiger partial charge in [0.05, 0.1) is 6.10 Å². The van der Waals surface area contributed by atoms with E-state index in [1.807, 2.05) is 58.4 Å². The van der Waals surface area contributed by atoms with Gasteiger partial charge in [0.2, 0.25) is 0 Å². The van der Waals surface area contributed by atoms with E-state index in [-0.39, 0.29) is 53.6 Å². The van der Waals surface area contributed by atoms with Crippen molar-refractivity contribution in [1.82, 2.24) is 6.15 Å². The molecule has 0 aliphatic carbocycles. The van der Waals surface area contributed by atoms with Crippen LogP contribution < -0.4 is 38.2 Å². The first-order valence-corrected chi connectivity index (χ1v) is 20.5. The number of piperazine rings is 2. The third-order valence-corrected chi connectivity index (χ3v) is 10.5. The summed E-state index contributed by atoms with van der Waals surface area (Å²) in [6, 6.07) is 33.2. The quantitative estimate of drug-likeness (QED) is 0.118. The van der Waals surface area contributed by atoms with E-state index in [9.17, 15) is 9.90 Å². The number of aldehydes is 1. The van der Waals surface area contributed by atoms with E-state index in [0.717, 1.165) is 91.9 Å². The molecule has 0 bridgehead atoms. The first-order valence-electron chi connectivity index (χ1n) is 18.9. The Bertz CT molecular complexity index is 1590. The number of hydrogen-bond donors (Lipinski definition) is 2. The molecule has 1 atom stereocenters. The number of aliphatic hydroxyl groups is 1. The van der Waals surface area contributed by atoms with Gasteiger partial charge in [-0.3, -0.25) is 4.79 Å². The second kappa shape index (κ2) is 28.1. The van der Waals surface area contributed by atoms with Crippen molar-refractivity contribution in [3.05, 3.63) is 124 Å². The third kappa shape index (κ3) is 16.9. The van der Waals surface area contributed by atoms with Crippen LogP contribution >= 0.6 is 31.9 Å². The minimum Gasteiger partial charge on any atom is -1.00 e. The van der Waals surface area contributed by atoms with Crippen LogP contribution in [0.25, 0.3) is 0 Å². The Labute approximate surface area is 375 Å². The maximum absolute atomic E-state index is 10.7. The van der Waals surface area contributed by atoms with Crippen LogP contribution in [0.5, 0.6) is 0 Å². The van der Waals surface area contributed by atoms with Gasteiger partial charge >= 0.3 is 23.1 Å². The van der Waals surface area contributed by atoms with Crippen molar-refractivity contribution in [3.8, 4) is 0 Å². The number of carbonyl (C=O) groups excluding carboxylic acids is 1. The Hall–Kier alpha value is -2.35. The van der Waals surface area contributed by atoms with Crippen LogP contribution in [0.3, 0.4) is 0 Å². The Morgan fingerprint density at radius 2 is 0.893 bits per heavy atom. The van der Waals surface area contributed by atoms with Gasteiger partial charge in [0.15, 0.2) is 0 Å². The molecule has 8 nitrogen and oxygen atoms in total. The van der Waals surface area contributed by atoms with E-state index >= 15 is 0 Å². The largest absolute Gasteiger partial charge is 2.00 e. The van der Waals surface area contributed by atoms with Crippen molar-refractivity contribution >= 4 is 83.9 Å². The summed E-state index contributed by atoms with van der Waals surface area (Å²) >= 11 is 6.96. The van der Waals surface area contributed by atoms with Gasteiger partial charge in [-0.05, 0) is 109 Å². The van der Waals surface area contributed by atoms with Crippen LogP contribution in [0.15, 0.2) is 106 Å². The number of halogens is 3. The van der Waals surface area contributed by atoms with Crippen LogP contribution in [-0.2, 0) is 4.74 Å². The predicted octanol–water partition coefficient (Wildman–Crippen LogP) is 6.87. The summed E-state index contributed by atoms with van der Waals surface area (Å²) in [6.45, 7) is 18.2. The standard InChI is InChI=1S/C20H25BrN2O.C17H17BrN2O.C4H8O.C3H7.ClH.Mg.H3N/c1-15(2)20(24)16-3-7-18(8-4-16)22-11-13-23(14-12-22)19-9-5-17(21)6-10-19;18-15-3-7-17(8-4-15)20-11-9-19(10-12-20)16-5-1-14(13-21)2-6-16;1-2-4-5-3-1;1-3-2;;;/h3-10,15,20,24H,11-14H2,1-2H3;1-8,13H,9-12H2;1-4H2;3H,1-2H3;1H;;1H3/q;;;-1;;+2;/p-1. The molecular formula is C44H60Br2ClMgN5O3. The van der Waals surface area contributed by atoms with Gasteiger partial charge in [-0.1, -0.05) is 57.8 Å². The fourth-order valence-electron chi connectivity index (χ4n) is 6.29. The van der Waals surface area contributed by atoms with Crippen molar-refractivity contribution in [2.75, 3.05) is 85.2 Å². The molecule has 3 fully saturated rings. The average molecular weight is 927 g/mol. The van der Waals surface area contributed by atoms with Crippen LogP contribution in [0.1, 0.15) is 62.6 Å². The summed E-state index contributed by atoms with van der Waals surface area (Å²) in [7, 11) is 0. The van der Waals surface area contributed by atoms with Gasteiger partial charge in [0.25, 0.3) is 0 Å². The molecule has 302 valence electrons. The van der Waals surface area contributed by atoms with E-state index in [1.165, 1.54) is 35.6 Å². The zero-order valence-electron chi connectivity index (χ0n) is 33.6. The van der Waals surface area contributed by atoms with Crippen molar-refractivity contribution in [2.45, 2.75) is 46.6 Å². The molecule has 4 aromatic rings. The van der Waals surface area contributed by atoms with Gasteiger partial charge in [-0.25, -0.2) is 0 Å². The molecule has 3 saturated heterocycles. The number of ether oxygens (including phenoxy) is 1. The molecule has 3 aliphatic rings. The first-order chi connectivity index (χ1) is 25.7. The normalized spacial score (nSPS) is 15.2. The van der Waals surface area contributed by atoms with E-state index in [0.29, 0.717) is 0 Å². The van der Waals surface area contributed by atoms with Crippen LogP contribution in [0, 0.1) is 12.3 Å². The SMILES string of the molecule is C1CCOC1.CC(C)C(O)c1ccc(N2CCN(c3ccc(Br)cc3)CC2)cc1.C[CH-]C.N.O=Cc1ccc(N2CCN(c3ccc(Br)cc3)CC2)cc1.[Cl-].[Mg+2]. The van der Waals surface area contributed by atoms with Crippen molar-refractivity contribution in [3.63, 3.8) is 0 Å². The van der Waals surface area contributed by atoms with Gasteiger partial charge in [-0.15, -0.1) is 0 Å². The smallest absolute Gasteiger partial charge is 1.00 e. The second-order valence-corrected chi connectivity index (χ2v) is 15.6. The molecule has 3 heterocycles. The van der Waals surface area contributed by atoms with Gasteiger partial charge < -0.3 is 54.4 Å². The summed E-state index contributed by atoms with van der Waals surface area (Å²) in [4.78, 5) is 20.3. The molecule has 56 heavy (non-hydrogen) atoms. The molecule has 3 aliphatic heterocycles. The molecular weight excluding hydrogens is 866 g/mol. The molecule has 0 aromatic heterocycles. The first kappa shape index (κ1) is 51.7. The molecule has 4 aromatic carbocycles. The van der Waals surface area contributed by atoms with E-state index in [1.54, 1.807) is 0 Å². The maximum atomic E-state index is 10.7. The van der Waals surface area contributed by atoms with Gasteiger partial charge in [0, 0.05) is 103 Å². The topological polar surface area (TPSA) is 94.5 Å². The Kier molecular flexibility index (Phi) is 26.0. The number of aliphatic hydroxyl groups excluding tert-OH is 1. The van der Waals surface area contributed by atoms with Crippen molar-refractivity contribution in [2.24, 2.45) is 5.92 Å². The monoisotopic (exact) mass is 923 g/mol. The number of nitrogens with zero attached hydrogens (tertiary/aromatic N) is 4. The number of carbonyl (C=O) groups is 1. The van der Waals surface area contributed by atoms with E-state index < -0.39 is 0 Å². The Balaban J connectivity index is 0.000000450. The predicted molar refractivity (Wildman–Crippen MR) is 242 cm³/mol. The average Bonchev–Trinajstić information content (AvgIpc) is 3.80. The number of hydrogen-bond acceptors (Lipinski definition) is 8. The van der Waals surface area contributed by atoms with Crippen LogP contribution in [0.4, 0.5) is 22.7 Å². The number of benzene rings is 4. The minimum atomic E-state index is -0.381. The van der Waals surface area contributed by atoms with Gasteiger partial charge in [-0.2, -0.15) is 13.8 Å². The summed E-state index contributed by atoms with van der Waals surface area (Å²) in [5.41, 5.74) is 6.72. The summed E-state index contributed by atoms with van der Waals surface area (Å²) in [5.74, 6) is 0.241. The maximum Gasteiger partial charge on any atom is 2.00 e. The molecule has 7 rings (SSSR count). The molecule has 0 saturated carbocycles. The fourth-order valence-corrected chi connectivity index (χ4v) is 6.82. The summed E-state index contributed by atoms with van der Waals surface area (Å²) < 4.78 is 7.17. The minimum absolute atomic E-state index is 0. The Morgan fingerprint density at radius 1 is 0.607 bits per heavy atom. The number of rotatable bonds is 7. The van der Waals surface area contributed by atoms with Gasteiger partial charge in [0.1, 0.15) is 6.29 Å². The van der Waals surface area contributed by atoms with Crippen molar-refractivity contribution in [1.29, 1.82) is 0 Å². The fraction of sp³-hybridized carbons (Fsp3) is 0.409. The second-order valence-electron chi connectivity index (χ2n) is 13.8. The molecule has 0 amide bonds. The summed E-state index contributed by atoms with van der Waals surface area (Å²) in [6.07, 6.45) is 5.06. The Morgan fingerprint density at radius 3 is 1.14 bits per heavy atom. The van der Waals surface area contributed by atoms with E-state index in [2.05, 4.69) is 124 Å². The van der Waals surface area contributed by atoms with E-state index in [4.69, 9.17) is 4.74 Å². The molecule has 0 spiro atoms.